The van der Waals surface area contributed by atoms with E-state index in [0.717, 1.165) is 38.9 Å². The number of benzene rings is 1. The number of carbonyl (C=O) groups is 2. The number of rotatable bonds is 5. The molecule has 2 atom stereocenters. The summed E-state index contributed by atoms with van der Waals surface area (Å²) in [6, 6.07) is 7.00. The number of imide groups is 1. The number of piperidine rings is 1. The monoisotopic (exact) mass is 316 g/mol. The molecule has 0 aliphatic carbocycles. The molecule has 0 saturated carbocycles. The van der Waals surface area contributed by atoms with E-state index in [2.05, 4.69) is 11.8 Å². The number of carbonyl (C=O) groups excluding carboxylic acids is 2. The highest BCUT2D eigenvalue weighted by molar-refractivity contribution is 6.21. The van der Waals surface area contributed by atoms with Crippen LogP contribution in [0.5, 0.6) is 0 Å². The summed E-state index contributed by atoms with van der Waals surface area (Å²) >= 11 is 0. The van der Waals surface area contributed by atoms with E-state index in [-0.39, 0.29) is 17.9 Å². The second-order valence-corrected chi connectivity index (χ2v) is 6.65. The van der Waals surface area contributed by atoms with Gasteiger partial charge in [-0.3, -0.25) is 14.5 Å². The number of β-amino-alcohol motifs (C(OH)–C–C–N with tert-alkyl or cyclic N) is 1. The van der Waals surface area contributed by atoms with Gasteiger partial charge in [-0.05, 0) is 50.4 Å². The average molecular weight is 316 g/mol. The first-order chi connectivity index (χ1) is 11.1. The summed E-state index contributed by atoms with van der Waals surface area (Å²) in [5, 5.41) is 9.91. The van der Waals surface area contributed by atoms with Gasteiger partial charge in [0, 0.05) is 13.1 Å². The minimum absolute atomic E-state index is 0.173. The molecule has 5 nitrogen and oxygen atoms in total. The van der Waals surface area contributed by atoms with Crippen LogP contribution in [0.3, 0.4) is 0 Å². The smallest absolute Gasteiger partial charge is 0.261 e. The van der Waals surface area contributed by atoms with E-state index in [9.17, 15) is 14.7 Å². The number of unbranched alkanes of at least 4 members (excludes halogenated alkanes) is 1. The van der Waals surface area contributed by atoms with Gasteiger partial charge < -0.3 is 10.0 Å². The van der Waals surface area contributed by atoms with Gasteiger partial charge in [0.15, 0.2) is 0 Å². The lowest BCUT2D eigenvalue weighted by Crippen LogP contribution is -2.43. The Kier molecular flexibility index (Phi) is 4.78. The predicted octanol–water partition coefficient (Wildman–Crippen LogP) is 1.77. The molecule has 2 aliphatic heterocycles. The molecular weight excluding hydrogens is 292 g/mol. The zero-order chi connectivity index (χ0) is 16.4. The molecule has 124 valence electrons. The molecule has 1 saturated heterocycles. The highest BCUT2D eigenvalue weighted by Gasteiger charge is 2.34. The predicted molar refractivity (Wildman–Crippen MR) is 87.3 cm³/mol. The largest absolute Gasteiger partial charge is 0.392 e. The maximum atomic E-state index is 12.2. The average Bonchev–Trinajstić information content (AvgIpc) is 2.80. The third-order valence-electron chi connectivity index (χ3n) is 4.99. The number of aliphatic hydroxyl groups is 1. The van der Waals surface area contributed by atoms with Crippen molar-refractivity contribution in [2.75, 3.05) is 26.2 Å². The Labute approximate surface area is 136 Å². The Morgan fingerprint density at radius 3 is 2.30 bits per heavy atom. The quantitative estimate of drug-likeness (QED) is 0.664. The molecular formula is C18H24N2O3. The Hall–Kier alpha value is -1.72. The Bertz CT molecular complexity index is 567. The van der Waals surface area contributed by atoms with E-state index >= 15 is 0 Å². The van der Waals surface area contributed by atoms with Gasteiger partial charge in [0.2, 0.25) is 0 Å². The van der Waals surface area contributed by atoms with Crippen molar-refractivity contribution in [3.63, 3.8) is 0 Å². The van der Waals surface area contributed by atoms with E-state index in [4.69, 9.17) is 0 Å². The lowest BCUT2D eigenvalue weighted by atomic mass is 9.96. The zero-order valence-electron chi connectivity index (χ0n) is 13.6. The van der Waals surface area contributed by atoms with E-state index in [1.807, 2.05) is 0 Å². The van der Waals surface area contributed by atoms with Crippen LogP contribution in [0.4, 0.5) is 0 Å². The molecule has 2 unspecified atom stereocenters. The first-order valence-corrected chi connectivity index (χ1v) is 8.43. The third kappa shape index (κ3) is 3.31. The zero-order valence-corrected chi connectivity index (χ0v) is 13.6. The molecule has 2 aliphatic rings. The molecule has 0 radical (unpaired) electrons. The highest BCUT2D eigenvalue weighted by Crippen LogP contribution is 2.23. The fourth-order valence-electron chi connectivity index (χ4n) is 3.37. The van der Waals surface area contributed by atoms with Gasteiger partial charge in [-0.25, -0.2) is 0 Å². The van der Waals surface area contributed by atoms with Gasteiger partial charge in [0.25, 0.3) is 11.8 Å². The molecule has 1 aromatic rings. The molecule has 23 heavy (non-hydrogen) atoms. The van der Waals surface area contributed by atoms with Crippen LogP contribution in [-0.2, 0) is 0 Å². The number of aliphatic hydroxyl groups excluding tert-OH is 1. The van der Waals surface area contributed by atoms with Crippen molar-refractivity contribution in [1.82, 2.24) is 9.80 Å². The number of hydrogen-bond acceptors (Lipinski definition) is 4. The number of fused-ring (bicyclic) bond motifs is 1. The topological polar surface area (TPSA) is 60.9 Å². The first kappa shape index (κ1) is 16.1. The van der Waals surface area contributed by atoms with Crippen LogP contribution in [0.1, 0.15) is 46.9 Å². The molecule has 1 N–H and O–H groups in total. The minimum Gasteiger partial charge on any atom is -0.392 e. The van der Waals surface area contributed by atoms with Crippen LogP contribution in [0.25, 0.3) is 0 Å². The van der Waals surface area contributed by atoms with E-state index < -0.39 is 0 Å². The first-order valence-electron chi connectivity index (χ1n) is 8.43. The maximum Gasteiger partial charge on any atom is 0.261 e. The van der Waals surface area contributed by atoms with Crippen molar-refractivity contribution in [2.45, 2.75) is 32.3 Å². The lowest BCUT2D eigenvalue weighted by molar-refractivity contribution is 0.0284. The van der Waals surface area contributed by atoms with Crippen molar-refractivity contribution < 1.29 is 14.7 Å². The van der Waals surface area contributed by atoms with Crippen molar-refractivity contribution in [1.29, 1.82) is 0 Å². The number of hydrogen-bond donors (Lipinski definition) is 1. The molecule has 1 fully saturated rings. The Morgan fingerprint density at radius 1 is 1.09 bits per heavy atom. The number of likely N-dealkylation sites (tertiary alicyclic amines) is 1. The van der Waals surface area contributed by atoms with Gasteiger partial charge in [0.05, 0.1) is 17.2 Å². The molecule has 1 aromatic carbocycles. The summed E-state index contributed by atoms with van der Waals surface area (Å²) in [6.45, 7) is 5.22. The van der Waals surface area contributed by atoms with Crippen LogP contribution >= 0.6 is 0 Å². The summed E-state index contributed by atoms with van der Waals surface area (Å²) in [4.78, 5) is 28.1. The SMILES string of the molecule is CC1CCN(CCCCN2C(=O)c3ccccc3C2=O)CC1O. The van der Waals surface area contributed by atoms with E-state index in [1.54, 1.807) is 24.3 Å². The van der Waals surface area contributed by atoms with Crippen molar-refractivity contribution in [3.05, 3.63) is 35.4 Å². The molecule has 0 bridgehead atoms. The van der Waals surface area contributed by atoms with Gasteiger partial charge in [-0.2, -0.15) is 0 Å². The van der Waals surface area contributed by atoms with Crippen molar-refractivity contribution >= 4 is 11.8 Å². The van der Waals surface area contributed by atoms with E-state index in [0.29, 0.717) is 23.6 Å². The number of amides is 2. The summed E-state index contributed by atoms with van der Waals surface area (Å²) < 4.78 is 0. The number of nitrogens with zero attached hydrogens (tertiary/aromatic N) is 2. The van der Waals surface area contributed by atoms with Crippen LogP contribution < -0.4 is 0 Å². The summed E-state index contributed by atoms with van der Waals surface area (Å²) in [6.07, 6.45) is 2.52. The van der Waals surface area contributed by atoms with E-state index in [1.165, 1.54) is 4.90 Å². The minimum atomic E-state index is -0.236. The lowest BCUT2D eigenvalue weighted by Gasteiger charge is -2.34. The Balaban J connectivity index is 1.45. The van der Waals surface area contributed by atoms with Crippen LogP contribution in [0.15, 0.2) is 24.3 Å². The van der Waals surface area contributed by atoms with Crippen LogP contribution in [-0.4, -0.2) is 59.0 Å². The molecule has 0 spiro atoms. The molecule has 2 heterocycles. The standard InChI is InChI=1S/C18H24N2O3/c1-13-8-11-19(12-16(13)21)9-4-5-10-20-17(22)14-6-2-3-7-15(14)18(20)23/h2-3,6-7,13,16,21H,4-5,8-12H2,1H3. The van der Waals surface area contributed by atoms with Crippen molar-refractivity contribution in [2.24, 2.45) is 5.92 Å². The second kappa shape index (κ2) is 6.81. The molecule has 0 aromatic heterocycles. The normalized spacial score (nSPS) is 25.0. The van der Waals surface area contributed by atoms with Crippen LogP contribution in [0, 0.1) is 5.92 Å². The maximum absolute atomic E-state index is 12.2. The summed E-state index contributed by atoms with van der Waals surface area (Å²) in [7, 11) is 0. The fraction of sp³-hybridized carbons (Fsp3) is 0.556. The van der Waals surface area contributed by atoms with Gasteiger partial charge in [0.1, 0.15) is 0 Å². The van der Waals surface area contributed by atoms with Gasteiger partial charge in [-0.1, -0.05) is 19.1 Å². The molecule has 5 heteroatoms. The van der Waals surface area contributed by atoms with Crippen molar-refractivity contribution in [3.8, 4) is 0 Å². The van der Waals surface area contributed by atoms with Gasteiger partial charge in [-0.15, -0.1) is 0 Å². The fourth-order valence-corrected chi connectivity index (χ4v) is 3.37. The summed E-state index contributed by atoms with van der Waals surface area (Å²) in [5.74, 6) is 0.0326. The molecule has 3 rings (SSSR count). The van der Waals surface area contributed by atoms with Crippen LogP contribution in [0.2, 0.25) is 0 Å². The van der Waals surface area contributed by atoms with Gasteiger partial charge >= 0.3 is 0 Å². The third-order valence-corrected chi connectivity index (χ3v) is 4.99. The summed E-state index contributed by atoms with van der Waals surface area (Å²) in [5.41, 5.74) is 1.04. The second-order valence-electron chi connectivity index (χ2n) is 6.65. The Morgan fingerprint density at radius 2 is 1.70 bits per heavy atom. The highest BCUT2D eigenvalue weighted by atomic mass is 16.3. The molecule has 2 amide bonds.